The Bertz CT molecular complexity index is 49.5. The standard InChI is InChI=1S/CH2O3.Ca.Co.Cu.Mn.2H/c2-1(3)4;;;;;;/h(H2,2,3,4);;;;;;/q;+2;;;;2*-1. The Morgan fingerprint density at radius 2 is 1.38 bits per heavy atom. The van der Waals surface area contributed by atoms with Crippen molar-refractivity contribution in [1.82, 2.24) is 0 Å². The second-order valence-corrected chi connectivity index (χ2v) is 0.283. The van der Waals surface area contributed by atoms with Crippen LogP contribution in [0, 0.1) is 0 Å². The molecule has 0 saturated carbocycles. The van der Waals surface area contributed by atoms with Gasteiger partial charge >= 0.3 is 43.9 Å². The van der Waals surface area contributed by atoms with E-state index in [1.54, 1.807) is 0 Å². The molecule has 0 spiro atoms. The molecule has 0 aromatic heterocycles. The quantitative estimate of drug-likeness (QED) is 0.617. The molecule has 0 unspecified atom stereocenters. The van der Waals surface area contributed by atoms with Crippen LogP contribution in [0.15, 0.2) is 0 Å². The van der Waals surface area contributed by atoms with Crippen molar-refractivity contribution < 1.29 is 68.8 Å². The molecule has 0 fully saturated rings. The zero-order chi connectivity index (χ0) is 3.58. The molecule has 3 radical (unpaired) electrons. The monoisotopic (exact) mass is 281 g/mol. The first-order valence-corrected chi connectivity index (χ1v) is 0.651. The topological polar surface area (TPSA) is 57.5 Å². The zero-order valence-electron chi connectivity index (χ0n) is 5.52. The molecule has 0 atom stereocenters. The summed E-state index contributed by atoms with van der Waals surface area (Å²) in [6.45, 7) is 0. The molecule has 0 heterocycles. The van der Waals surface area contributed by atoms with Crippen LogP contribution < -0.4 is 0 Å². The van der Waals surface area contributed by atoms with Gasteiger partial charge in [-0.3, -0.25) is 0 Å². The van der Waals surface area contributed by atoms with Gasteiger partial charge in [0.15, 0.2) is 0 Å². The van der Waals surface area contributed by atoms with E-state index in [1.807, 2.05) is 0 Å². The first-order chi connectivity index (χ1) is 1.73. The van der Waals surface area contributed by atoms with Crippen molar-refractivity contribution in [3.05, 3.63) is 0 Å². The Morgan fingerprint density at radius 3 is 1.38 bits per heavy atom. The maximum Gasteiger partial charge on any atom is 2.00 e. The van der Waals surface area contributed by atoms with Crippen LogP contribution in [-0.2, 0) is 50.9 Å². The van der Waals surface area contributed by atoms with Gasteiger partial charge < -0.3 is 13.1 Å². The van der Waals surface area contributed by atoms with E-state index in [1.165, 1.54) is 0 Å². The van der Waals surface area contributed by atoms with Gasteiger partial charge in [0.2, 0.25) is 0 Å². The first-order valence-electron chi connectivity index (χ1n) is 0.651. The molecule has 0 amide bonds. The molecule has 0 aliphatic heterocycles. The maximum atomic E-state index is 8.56. The van der Waals surface area contributed by atoms with Gasteiger partial charge in [-0.2, -0.15) is 0 Å². The summed E-state index contributed by atoms with van der Waals surface area (Å²) in [6.07, 6.45) is -1.83. The second-order valence-electron chi connectivity index (χ2n) is 0.283. The molecule has 0 aliphatic carbocycles. The summed E-state index contributed by atoms with van der Waals surface area (Å²) in [4.78, 5) is 8.56. The Labute approximate surface area is 111 Å². The van der Waals surface area contributed by atoms with E-state index in [0.717, 1.165) is 0 Å². The van der Waals surface area contributed by atoms with Gasteiger partial charge in [0.25, 0.3) is 0 Å². The number of rotatable bonds is 0. The molecule has 2 N–H and O–H groups in total. The number of hydrogen-bond acceptors (Lipinski definition) is 1. The van der Waals surface area contributed by atoms with Gasteiger partial charge in [0, 0.05) is 50.9 Å². The third kappa shape index (κ3) is 93.9. The first kappa shape index (κ1) is 32.2. The van der Waals surface area contributed by atoms with E-state index in [9.17, 15) is 0 Å². The smallest absolute Gasteiger partial charge is 1.00 e. The van der Waals surface area contributed by atoms with Crippen LogP contribution in [0.4, 0.5) is 4.79 Å². The molecule has 0 bridgehead atoms. The molecule has 0 aromatic carbocycles. The minimum atomic E-state index is -1.83. The summed E-state index contributed by atoms with van der Waals surface area (Å²) >= 11 is 0. The van der Waals surface area contributed by atoms with Crippen LogP contribution in [0.25, 0.3) is 0 Å². The van der Waals surface area contributed by atoms with E-state index in [2.05, 4.69) is 0 Å². The van der Waals surface area contributed by atoms with Crippen molar-refractivity contribution >= 4 is 43.9 Å². The molecule has 8 heavy (non-hydrogen) atoms. The molecular formula is CH4CaCoCuMnO3. The van der Waals surface area contributed by atoms with E-state index in [0.29, 0.717) is 0 Å². The van der Waals surface area contributed by atoms with Crippen molar-refractivity contribution in [2.24, 2.45) is 0 Å². The third-order valence-electron chi connectivity index (χ3n) is 0. The fourth-order valence-corrected chi connectivity index (χ4v) is 0. The zero-order valence-corrected chi connectivity index (χ0v) is 8.89. The van der Waals surface area contributed by atoms with Gasteiger partial charge in [0.1, 0.15) is 0 Å². The summed E-state index contributed by atoms with van der Waals surface area (Å²) in [5.74, 6) is 0. The molecule has 0 saturated heterocycles. The molecule has 0 rings (SSSR count). The Kier molecular flexibility index (Phi) is 92.5. The van der Waals surface area contributed by atoms with E-state index < -0.39 is 6.16 Å². The van der Waals surface area contributed by atoms with Gasteiger partial charge in [-0.15, -0.1) is 0 Å². The minimum Gasteiger partial charge on any atom is -1.00 e. The Morgan fingerprint density at radius 1 is 1.38 bits per heavy atom. The second kappa shape index (κ2) is 23.0. The minimum absolute atomic E-state index is 0. The summed E-state index contributed by atoms with van der Waals surface area (Å²) in [6, 6.07) is 0. The van der Waals surface area contributed by atoms with Crippen LogP contribution in [-0.4, -0.2) is 54.1 Å². The molecular weight excluding hydrogens is 278 g/mol. The molecule has 7 heteroatoms. The third-order valence-corrected chi connectivity index (χ3v) is 0. The molecule has 55 valence electrons. The fraction of sp³-hybridized carbons (Fsp3) is 0. The van der Waals surface area contributed by atoms with E-state index in [4.69, 9.17) is 15.0 Å². The predicted molar refractivity (Wildman–Crippen MR) is 18.6 cm³/mol. The SMILES string of the molecule is O=C(O)O.[Ca+2].[Co].[Cu].[H-].[H-].[Mn]. The fourth-order valence-electron chi connectivity index (χ4n) is 0. The van der Waals surface area contributed by atoms with Crippen molar-refractivity contribution in [2.45, 2.75) is 0 Å². The van der Waals surface area contributed by atoms with Crippen LogP contribution >= 0.6 is 0 Å². The molecule has 0 aromatic rings. The van der Waals surface area contributed by atoms with Gasteiger partial charge in [-0.25, -0.2) is 4.79 Å². The number of carboxylic acid groups (broad SMARTS) is 2. The van der Waals surface area contributed by atoms with Crippen LogP contribution in [0.5, 0.6) is 0 Å². The van der Waals surface area contributed by atoms with Crippen molar-refractivity contribution in [2.75, 3.05) is 0 Å². The summed E-state index contributed by atoms with van der Waals surface area (Å²) in [5, 5.41) is 13.9. The summed E-state index contributed by atoms with van der Waals surface area (Å²) < 4.78 is 0. The van der Waals surface area contributed by atoms with Crippen LogP contribution in [0.2, 0.25) is 0 Å². The van der Waals surface area contributed by atoms with E-state index >= 15 is 0 Å². The maximum absolute atomic E-state index is 8.56. The van der Waals surface area contributed by atoms with Gasteiger partial charge in [0.05, 0.1) is 0 Å². The number of hydrogen-bond donors (Lipinski definition) is 2. The van der Waals surface area contributed by atoms with Crippen LogP contribution in [0.1, 0.15) is 2.85 Å². The van der Waals surface area contributed by atoms with Crippen molar-refractivity contribution in [3.8, 4) is 0 Å². The Balaban J connectivity index is -0.00000000300. The summed E-state index contributed by atoms with van der Waals surface area (Å²) in [7, 11) is 0. The largest absolute Gasteiger partial charge is 2.00 e. The average Bonchev–Trinajstić information content (AvgIpc) is 0.811. The Hall–Kier alpha value is 2.08. The molecule has 0 aliphatic rings. The van der Waals surface area contributed by atoms with Crippen molar-refractivity contribution in [1.29, 1.82) is 0 Å². The average molecular weight is 282 g/mol. The van der Waals surface area contributed by atoms with Gasteiger partial charge in [-0.1, -0.05) is 0 Å². The van der Waals surface area contributed by atoms with Gasteiger partial charge in [-0.05, 0) is 0 Å². The number of carbonyl (C=O) groups is 1. The van der Waals surface area contributed by atoms with E-state index in [-0.39, 0.29) is 91.5 Å². The molecule has 3 nitrogen and oxygen atoms in total. The van der Waals surface area contributed by atoms with Crippen molar-refractivity contribution in [3.63, 3.8) is 0 Å². The van der Waals surface area contributed by atoms with Crippen LogP contribution in [0.3, 0.4) is 0 Å². The normalized spacial score (nSPS) is 3.00. The predicted octanol–water partition coefficient (Wildman–Crippen LogP) is 0.0591. The summed E-state index contributed by atoms with van der Waals surface area (Å²) in [5.41, 5.74) is 0.